The zero-order chi connectivity index (χ0) is 15.4. The van der Waals surface area contributed by atoms with Crippen molar-refractivity contribution >= 4 is 33.8 Å². The van der Waals surface area contributed by atoms with Crippen LogP contribution in [0.25, 0.3) is 10.6 Å². The smallest absolute Gasteiger partial charge is 0.323 e. The molecule has 1 atom stereocenters. The maximum atomic E-state index is 12.3. The van der Waals surface area contributed by atoms with Crippen molar-refractivity contribution < 1.29 is 9.53 Å². The van der Waals surface area contributed by atoms with Crippen LogP contribution in [0.5, 0.6) is 0 Å². The molecule has 0 aliphatic carbocycles. The van der Waals surface area contributed by atoms with Gasteiger partial charge in [0.1, 0.15) is 5.01 Å². The van der Waals surface area contributed by atoms with Crippen molar-refractivity contribution in [2.24, 2.45) is 5.92 Å². The predicted octanol–water partition coefficient (Wildman–Crippen LogP) is 3.16. The molecule has 0 bridgehead atoms. The topological polar surface area (TPSA) is 67.3 Å². The van der Waals surface area contributed by atoms with E-state index in [1.54, 1.807) is 18.4 Å². The fraction of sp³-hybridized carbons (Fsp3) is 0.500. The van der Waals surface area contributed by atoms with Crippen molar-refractivity contribution in [2.75, 3.05) is 32.1 Å². The SMILES string of the molecule is COC[C@@H]1CCCN(C(=O)Nc2nnc(-c3ccsc3)s2)C1. The molecule has 118 valence electrons. The van der Waals surface area contributed by atoms with Crippen molar-refractivity contribution in [3.05, 3.63) is 16.8 Å². The summed E-state index contributed by atoms with van der Waals surface area (Å²) < 4.78 is 5.19. The van der Waals surface area contributed by atoms with Crippen LogP contribution in [0, 0.1) is 5.92 Å². The van der Waals surface area contributed by atoms with Crippen LogP contribution in [0.2, 0.25) is 0 Å². The minimum absolute atomic E-state index is 0.103. The summed E-state index contributed by atoms with van der Waals surface area (Å²) in [5, 5.41) is 16.4. The average molecular weight is 338 g/mol. The first kappa shape index (κ1) is 15.4. The number of nitrogens with one attached hydrogen (secondary N) is 1. The zero-order valence-electron chi connectivity index (χ0n) is 12.3. The van der Waals surface area contributed by atoms with E-state index in [-0.39, 0.29) is 6.03 Å². The van der Waals surface area contributed by atoms with Crippen LogP contribution in [0.15, 0.2) is 16.8 Å². The van der Waals surface area contributed by atoms with E-state index in [1.165, 1.54) is 11.3 Å². The van der Waals surface area contributed by atoms with Gasteiger partial charge in [-0.15, -0.1) is 10.2 Å². The third-order valence-corrected chi connectivity index (χ3v) is 5.19. The van der Waals surface area contributed by atoms with Gasteiger partial charge in [-0.1, -0.05) is 11.3 Å². The molecule has 0 saturated carbocycles. The average Bonchev–Trinajstić information content (AvgIpc) is 3.18. The molecule has 8 heteroatoms. The molecule has 1 aliphatic rings. The lowest BCUT2D eigenvalue weighted by Gasteiger charge is -2.32. The van der Waals surface area contributed by atoms with Gasteiger partial charge in [0.15, 0.2) is 0 Å². The summed E-state index contributed by atoms with van der Waals surface area (Å²) in [4.78, 5) is 14.2. The molecule has 22 heavy (non-hydrogen) atoms. The van der Waals surface area contributed by atoms with E-state index in [1.807, 2.05) is 21.7 Å². The number of methoxy groups -OCH3 is 1. The van der Waals surface area contributed by atoms with Crippen molar-refractivity contribution in [2.45, 2.75) is 12.8 Å². The molecule has 3 rings (SSSR count). The third-order valence-electron chi connectivity index (χ3n) is 3.62. The van der Waals surface area contributed by atoms with E-state index in [0.717, 1.165) is 36.5 Å². The van der Waals surface area contributed by atoms with E-state index in [0.29, 0.717) is 17.7 Å². The largest absolute Gasteiger partial charge is 0.384 e. The number of piperidine rings is 1. The molecule has 1 fully saturated rings. The second-order valence-electron chi connectivity index (χ2n) is 5.26. The lowest BCUT2D eigenvalue weighted by molar-refractivity contribution is 0.104. The summed E-state index contributed by atoms with van der Waals surface area (Å²) >= 11 is 3.01. The predicted molar refractivity (Wildman–Crippen MR) is 88.4 cm³/mol. The van der Waals surface area contributed by atoms with E-state index in [4.69, 9.17) is 4.74 Å². The lowest BCUT2D eigenvalue weighted by Crippen LogP contribution is -2.43. The highest BCUT2D eigenvalue weighted by molar-refractivity contribution is 7.19. The fourth-order valence-corrected chi connectivity index (χ4v) is 4.01. The molecule has 3 heterocycles. The maximum Gasteiger partial charge on any atom is 0.323 e. The summed E-state index contributed by atoms with van der Waals surface area (Å²) in [6.45, 7) is 2.21. The first-order chi connectivity index (χ1) is 10.8. The van der Waals surface area contributed by atoms with Crippen LogP contribution in [0.4, 0.5) is 9.93 Å². The molecule has 0 aromatic carbocycles. The number of ether oxygens (including phenoxy) is 1. The molecule has 0 unspecified atom stereocenters. The van der Waals surface area contributed by atoms with E-state index >= 15 is 0 Å². The Morgan fingerprint density at radius 2 is 2.45 bits per heavy atom. The van der Waals surface area contributed by atoms with Gasteiger partial charge in [0.05, 0.1) is 6.61 Å². The van der Waals surface area contributed by atoms with Gasteiger partial charge in [0, 0.05) is 37.1 Å². The second-order valence-corrected chi connectivity index (χ2v) is 7.02. The summed E-state index contributed by atoms with van der Waals surface area (Å²) in [7, 11) is 1.70. The van der Waals surface area contributed by atoms with Gasteiger partial charge in [0.25, 0.3) is 0 Å². The lowest BCUT2D eigenvalue weighted by atomic mass is 9.99. The number of anilines is 1. The highest BCUT2D eigenvalue weighted by Crippen LogP contribution is 2.28. The number of urea groups is 1. The minimum Gasteiger partial charge on any atom is -0.384 e. The number of amides is 2. The van der Waals surface area contributed by atoms with Crippen molar-refractivity contribution in [1.29, 1.82) is 0 Å². The van der Waals surface area contributed by atoms with Crippen molar-refractivity contribution in [3.8, 4) is 10.6 Å². The minimum atomic E-state index is -0.103. The van der Waals surface area contributed by atoms with Crippen LogP contribution >= 0.6 is 22.7 Å². The van der Waals surface area contributed by atoms with Gasteiger partial charge in [0.2, 0.25) is 5.13 Å². The molecule has 0 spiro atoms. The summed E-state index contributed by atoms with van der Waals surface area (Å²) in [5.41, 5.74) is 1.04. The van der Waals surface area contributed by atoms with Crippen LogP contribution in [-0.2, 0) is 4.74 Å². The number of nitrogens with zero attached hydrogens (tertiary/aromatic N) is 3. The quantitative estimate of drug-likeness (QED) is 0.930. The Morgan fingerprint density at radius 3 is 3.23 bits per heavy atom. The van der Waals surface area contributed by atoms with E-state index in [2.05, 4.69) is 15.5 Å². The normalized spacial score (nSPS) is 18.4. The standard InChI is InChI=1S/C14H18N4O2S2/c1-20-8-10-3-2-5-18(7-10)14(19)15-13-17-16-12(22-13)11-4-6-21-9-11/h4,6,9-10H,2-3,5,7-8H2,1H3,(H,15,17,19)/t10-/m1/s1. The highest BCUT2D eigenvalue weighted by atomic mass is 32.1. The van der Waals surface area contributed by atoms with Crippen LogP contribution in [-0.4, -0.2) is 47.9 Å². The number of hydrogen-bond donors (Lipinski definition) is 1. The van der Waals surface area contributed by atoms with Gasteiger partial charge in [-0.25, -0.2) is 4.79 Å². The molecule has 2 aromatic heterocycles. The van der Waals surface area contributed by atoms with E-state index < -0.39 is 0 Å². The van der Waals surface area contributed by atoms with Gasteiger partial charge < -0.3 is 9.64 Å². The van der Waals surface area contributed by atoms with E-state index in [9.17, 15) is 4.79 Å². The van der Waals surface area contributed by atoms with Crippen molar-refractivity contribution in [3.63, 3.8) is 0 Å². The number of likely N-dealkylation sites (tertiary alicyclic amines) is 1. The highest BCUT2D eigenvalue weighted by Gasteiger charge is 2.24. The third kappa shape index (κ3) is 3.63. The van der Waals surface area contributed by atoms with Gasteiger partial charge >= 0.3 is 6.03 Å². The number of carbonyl (C=O) groups excluding carboxylic acids is 1. The molecule has 1 saturated heterocycles. The Kier molecular flexibility index (Phi) is 5.01. The Hall–Kier alpha value is -1.51. The van der Waals surface area contributed by atoms with Crippen LogP contribution in [0.1, 0.15) is 12.8 Å². The summed E-state index contributed by atoms with van der Waals surface area (Å²) in [6.07, 6.45) is 2.12. The Bertz CT molecular complexity index is 612. The molecular formula is C14H18N4O2S2. The van der Waals surface area contributed by atoms with Crippen molar-refractivity contribution in [1.82, 2.24) is 15.1 Å². The number of aromatic nitrogens is 2. The number of carbonyl (C=O) groups is 1. The van der Waals surface area contributed by atoms with Crippen LogP contribution in [0.3, 0.4) is 0 Å². The van der Waals surface area contributed by atoms with Gasteiger partial charge in [-0.05, 0) is 24.3 Å². The zero-order valence-corrected chi connectivity index (χ0v) is 14.0. The molecule has 1 N–H and O–H groups in total. The number of hydrogen-bond acceptors (Lipinski definition) is 6. The molecular weight excluding hydrogens is 320 g/mol. The number of rotatable bonds is 4. The van der Waals surface area contributed by atoms with Gasteiger partial charge in [-0.3, -0.25) is 5.32 Å². The number of thiophene rings is 1. The van der Waals surface area contributed by atoms with Gasteiger partial charge in [-0.2, -0.15) is 11.3 Å². The summed E-state index contributed by atoms with van der Waals surface area (Å²) in [6, 6.07) is 1.89. The molecule has 2 aromatic rings. The molecule has 0 radical (unpaired) electrons. The Labute approximate surface area is 137 Å². The monoisotopic (exact) mass is 338 g/mol. The first-order valence-corrected chi connectivity index (χ1v) is 8.93. The Balaban J connectivity index is 1.59. The maximum absolute atomic E-state index is 12.3. The Morgan fingerprint density at radius 1 is 1.55 bits per heavy atom. The first-order valence-electron chi connectivity index (χ1n) is 7.17. The molecule has 6 nitrogen and oxygen atoms in total. The molecule has 2 amide bonds. The second kappa shape index (κ2) is 7.17. The molecule has 1 aliphatic heterocycles. The van der Waals surface area contributed by atoms with Crippen LogP contribution < -0.4 is 5.32 Å². The fourth-order valence-electron chi connectivity index (χ4n) is 2.57. The summed E-state index contributed by atoms with van der Waals surface area (Å²) in [5.74, 6) is 0.417.